The summed E-state index contributed by atoms with van der Waals surface area (Å²) in [5.74, 6) is -0.510. The van der Waals surface area contributed by atoms with Crippen LogP contribution in [0.4, 0.5) is 0 Å². The molecule has 30 heavy (non-hydrogen) atoms. The molecule has 0 saturated heterocycles. The first-order valence-electron chi connectivity index (χ1n) is 9.90. The molecule has 0 fully saturated rings. The Morgan fingerprint density at radius 1 is 1.10 bits per heavy atom. The minimum Gasteiger partial charge on any atom is -0.355 e. The SMILES string of the molecule is CSc1ccc(CCNC(=O)C2c3ccccc3C(=O)N(C)C2c2cccs2)cc1. The zero-order valence-corrected chi connectivity index (χ0v) is 18.6. The zero-order valence-electron chi connectivity index (χ0n) is 17.0. The first-order chi connectivity index (χ1) is 14.6. The Bertz CT molecular complexity index is 1030. The van der Waals surface area contributed by atoms with Crippen molar-refractivity contribution in [1.29, 1.82) is 0 Å². The third-order valence-corrected chi connectivity index (χ3v) is 7.26. The standard InChI is InChI=1S/C24H24N2O2S2/c1-26-22(20-8-5-15-30-20)21(18-6-3-4-7-19(18)24(26)28)23(27)25-14-13-16-9-11-17(29-2)12-10-16/h3-12,15,21-22H,13-14H2,1-2H3,(H,25,27). The van der Waals surface area contributed by atoms with Crippen molar-refractivity contribution >= 4 is 34.9 Å². The summed E-state index contributed by atoms with van der Waals surface area (Å²) < 4.78 is 0. The number of rotatable bonds is 6. The van der Waals surface area contributed by atoms with E-state index in [-0.39, 0.29) is 17.9 Å². The van der Waals surface area contributed by atoms with Gasteiger partial charge in [-0.05, 0) is 53.4 Å². The van der Waals surface area contributed by atoms with Crippen molar-refractivity contribution in [2.45, 2.75) is 23.3 Å². The van der Waals surface area contributed by atoms with Crippen molar-refractivity contribution in [3.8, 4) is 0 Å². The molecule has 4 nitrogen and oxygen atoms in total. The van der Waals surface area contributed by atoms with Gasteiger partial charge >= 0.3 is 0 Å². The summed E-state index contributed by atoms with van der Waals surface area (Å²) in [5.41, 5.74) is 2.61. The average molecular weight is 437 g/mol. The molecule has 0 radical (unpaired) electrons. The van der Waals surface area contributed by atoms with Crippen molar-refractivity contribution < 1.29 is 9.59 Å². The maximum Gasteiger partial charge on any atom is 0.254 e. The van der Waals surface area contributed by atoms with Crippen LogP contribution in [0.25, 0.3) is 0 Å². The van der Waals surface area contributed by atoms with Crippen LogP contribution in [0.3, 0.4) is 0 Å². The number of likely N-dealkylation sites (N-methyl/N-ethyl adjacent to an activating group) is 1. The average Bonchev–Trinajstić information content (AvgIpc) is 3.31. The molecule has 2 amide bonds. The van der Waals surface area contributed by atoms with Crippen molar-refractivity contribution in [2.24, 2.45) is 0 Å². The number of thioether (sulfide) groups is 1. The molecule has 0 saturated carbocycles. The van der Waals surface area contributed by atoms with E-state index in [0.29, 0.717) is 12.1 Å². The molecule has 0 aliphatic carbocycles. The highest BCUT2D eigenvalue weighted by Gasteiger charge is 2.42. The normalized spacial score (nSPS) is 18.2. The van der Waals surface area contributed by atoms with Gasteiger partial charge in [0.25, 0.3) is 5.91 Å². The highest BCUT2D eigenvalue weighted by Crippen LogP contribution is 2.43. The van der Waals surface area contributed by atoms with Gasteiger partial charge in [-0.3, -0.25) is 9.59 Å². The summed E-state index contributed by atoms with van der Waals surface area (Å²) in [6.45, 7) is 0.560. The molecule has 2 unspecified atom stereocenters. The number of amides is 2. The molecule has 0 spiro atoms. The van der Waals surface area contributed by atoms with E-state index in [9.17, 15) is 9.59 Å². The number of carbonyl (C=O) groups excluding carboxylic acids is 2. The minimum absolute atomic E-state index is 0.0399. The molecule has 1 N–H and O–H groups in total. The highest BCUT2D eigenvalue weighted by molar-refractivity contribution is 7.98. The lowest BCUT2D eigenvalue weighted by Crippen LogP contribution is -2.45. The van der Waals surface area contributed by atoms with E-state index < -0.39 is 5.92 Å². The summed E-state index contributed by atoms with van der Waals surface area (Å²) in [6.07, 6.45) is 2.83. The fourth-order valence-electron chi connectivity index (χ4n) is 4.00. The van der Waals surface area contributed by atoms with Gasteiger partial charge in [-0.25, -0.2) is 0 Å². The first-order valence-corrected chi connectivity index (χ1v) is 12.0. The second kappa shape index (κ2) is 9.06. The van der Waals surface area contributed by atoms with Crippen LogP contribution < -0.4 is 5.32 Å². The number of benzene rings is 2. The fraction of sp³-hybridized carbons (Fsp3) is 0.250. The lowest BCUT2D eigenvalue weighted by Gasteiger charge is -2.39. The quantitative estimate of drug-likeness (QED) is 0.568. The van der Waals surface area contributed by atoms with Gasteiger partial charge < -0.3 is 10.2 Å². The predicted octanol–water partition coefficient (Wildman–Crippen LogP) is 4.74. The van der Waals surface area contributed by atoms with Crippen LogP contribution in [0.2, 0.25) is 0 Å². The van der Waals surface area contributed by atoms with Gasteiger partial charge in [0.15, 0.2) is 0 Å². The van der Waals surface area contributed by atoms with Crippen LogP contribution in [-0.2, 0) is 11.2 Å². The minimum atomic E-state index is -0.429. The van der Waals surface area contributed by atoms with Crippen molar-refractivity contribution in [3.05, 3.63) is 87.6 Å². The zero-order chi connectivity index (χ0) is 21.1. The molecular formula is C24H24N2O2S2. The Kier molecular flexibility index (Phi) is 6.25. The number of hydrogen-bond acceptors (Lipinski definition) is 4. The summed E-state index contributed by atoms with van der Waals surface area (Å²) in [7, 11) is 1.79. The molecule has 2 atom stereocenters. The third kappa shape index (κ3) is 4.02. The van der Waals surface area contributed by atoms with E-state index in [1.54, 1.807) is 35.0 Å². The van der Waals surface area contributed by atoms with E-state index in [4.69, 9.17) is 0 Å². The van der Waals surface area contributed by atoms with Gasteiger partial charge in [0, 0.05) is 28.9 Å². The van der Waals surface area contributed by atoms with Crippen LogP contribution >= 0.6 is 23.1 Å². The van der Waals surface area contributed by atoms with Crippen LogP contribution in [0.5, 0.6) is 0 Å². The van der Waals surface area contributed by atoms with Gasteiger partial charge in [-0.15, -0.1) is 23.1 Å². The summed E-state index contributed by atoms with van der Waals surface area (Å²) in [6, 6.07) is 19.6. The topological polar surface area (TPSA) is 49.4 Å². The van der Waals surface area contributed by atoms with E-state index in [0.717, 1.165) is 16.9 Å². The maximum absolute atomic E-state index is 13.4. The smallest absolute Gasteiger partial charge is 0.254 e. The van der Waals surface area contributed by atoms with Crippen LogP contribution in [0.15, 0.2) is 70.9 Å². The molecule has 0 bridgehead atoms. The Morgan fingerprint density at radius 3 is 2.57 bits per heavy atom. The van der Waals surface area contributed by atoms with Gasteiger partial charge in [-0.2, -0.15) is 0 Å². The van der Waals surface area contributed by atoms with Crippen molar-refractivity contribution in [1.82, 2.24) is 10.2 Å². The number of carbonyl (C=O) groups is 2. The van der Waals surface area contributed by atoms with E-state index in [1.165, 1.54) is 10.5 Å². The van der Waals surface area contributed by atoms with E-state index in [2.05, 4.69) is 35.8 Å². The summed E-state index contributed by atoms with van der Waals surface area (Å²) >= 11 is 3.30. The van der Waals surface area contributed by atoms with Gasteiger partial charge in [0.05, 0.1) is 12.0 Å². The Labute approximate surface area is 185 Å². The van der Waals surface area contributed by atoms with Gasteiger partial charge in [-0.1, -0.05) is 36.4 Å². The summed E-state index contributed by atoms with van der Waals surface area (Å²) in [4.78, 5) is 30.3. The van der Waals surface area contributed by atoms with Crippen LogP contribution in [-0.4, -0.2) is 36.6 Å². The Balaban J connectivity index is 1.56. The number of hydrogen-bond donors (Lipinski definition) is 1. The van der Waals surface area contributed by atoms with E-state index >= 15 is 0 Å². The number of thiophene rings is 1. The van der Waals surface area contributed by atoms with E-state index in [1.807, 2.05) is 41.8 Å². The third-order valence-electron chi connectivity index (χ3n) is 5.57. The molecule has 3 aromatic rings. The molecule has 1 aliphatic rings. The van der Waals surface area contributed by atoms with Crippen LogP contribution in [0.1, 0.15) is 38.3 Å². The molecule has 2 aromatic carbocycles. The second-order valence-corrected chi connectivity index (χ2v) is 9.19. The monoisotopic (exact) mass is 436 g/mol. The Hall–Kier alpha value is -2.57. The van der Waals surface area contributed by atoms with Crippen molar-refractivity contribution in [3.63, 3.8) is 0 Å². The van der Waals surface area contributed by atoms with Crippen LogP contribution in [0, 0.1) is 0 Å². The number of nitrogens with zero attached hydrogens (tertiary/aromatic N) is 1. The lowest BCUT2D eigenvalue weighted by atomic mass is 9.81. The largest absolute Gasteiger partial charge is 0.355 e. The first kappa shape index (κ1) is 20.7. The second-order valence-electron chi connectivity index (χ2n) is 7.33. The summed E-state index contributed by atoms with van der Waals surface area (Å²) in [5, 5.41) is 5.11. The van der Waals surface area contributed by atoms with Gasteiger partial charge in [0.1, 0.15) is 0 Å². The Morgan fingerprint density at radius 2 is 1.87 bits per heavy atom. The number of fused-ring (bicyclic) bond motifs is 1. The predicted molar refractivity (Wildman–Crippen MR) is 123 cm³/mol. The molecule has 6 heteroatoms. The lowest BCUT2D eigenvalue weighted by molar-refractivity contribution is -0.124. The molecular weight excluding hydrogens is 412 g/mol. The fourth-order valence-corrected chi connectivity index (χ4v) is 5.32. The molecule has 1 aliphatic heterocycles. The molecule has 2 heterocycles. The number of nitrogens with one attached hydrogen (secondary N) is 1. The highest BCUT2D eigenvalue weighted by atomic mass is 32.2. The maximum atomic E-state index is 13.4. The molecule has 1 aromatic heterocycles. The molecule has 154 valence electrons. The van der Waals surface area contributed by atoms with Gasteiger partial charge in [0.2, 0.25) is 5.91 Å². The molecule has 4 rings (SSSR count). The van der Waals surface area contributed by atoms with Crippen molar-refractivity contribution in [2.75, 3.05) is 19.8 Å².